The summed E-state index contributed by atoms with van der Waals surface area (Å²) in [6.07, 6.45) is 0. The van der Waals surface area contributed by atoms with Crippen molar-refractivity contribution in [3.63, 3.8) is 0 Å². The number of fused-ring (bicyclic) bond motifs is 1. The van der Waals surface area contributed by atoms with Crippen molar-refractivity contribution in [2.45, 2.75) is 6.92 Å². The van der Waals surface area contributed by atoms with Gasteiger partial charge in [-0.2, -0.15) is 0 Å². The van der Waals surface area contributed by atoms with Crippen LogP contribution >= 0.6 is 0 Å². The van der Waals surface area contributed by atoms with Crippen LogP contribution in [0.5, 0.6) is 5.75 Å². The predicted octanol–water partition coefficient (Wildman–Crippen LogP) is 3.43. The highest BCUT2D eigenvalue weighted by Gasteiger charge is 2.33. The molecule has 0 aromatic heterocycles. The Balaban J connectivity index is 1.96. The number of anilines is 1. The summed E-state index contributed by atoms with van der Waals surface area (Å²) in [6, 6.07) is 13.9. The summed E-state index contributed by atoms with van der Waals surface area (Å²) in [4.78, 5) is 25.3. The van der Waals surface area contributed by atoms with Gasteiger partial charge in [0, 0.05) is 16.8 Å². The zero-order valence-electron chi connectivity index (χ0n) is 13.5. The van der Waals surface area contributed by atoms with Crippen molar-refractivity contribution in [2.24, 2.45) is 0 Å². The third-order valence-corrected chi connectivity index (χ3v) is 3.72. The van der Waals surface area contributed by atoms with Crippen LogP contribution in [-0.2, 0) is 4.74 Å². The molecule has 1 aliphatic carbocycles. The van der Waals surface area contributed by atoms with Gasteiger partial charge in [-0.3, -0.25) is 9.59 Å². The summed E-state index contributed by atoms with van der Waals surface area (Å²) in [6.45, 7) is 2.49. The maximum absolute atomic E-state index is 12.7. The molecule has 0 atom stereocenters. The molecule has 122 valence electrons. The van der Waals surface area contributed by atoms with E-state index in [0.29, 0.717) is 23.4 Å². The quantitative estimate of drug-likeness (QED) is 0.913. The molecule has 5 heteroatoms. The van der Waals surface area contributed by atoms with Crippen molar-refractivity contribution < 1.29 is 19.1 Å². The number of hydrogen-bond acceptors (Lipinski definition) is 5. The lowest BCUT2D eigenvalue weighted by Crippen LogP contribution is -2.26. The fraction of sp³-hybridized carbons (Fsp3) is 0.158. The van der Waals surface area contributed by atoms with Crippen LogP contribution in [0.2, 0.25) is 0 Å². The second kappa shape index (κ2) is 6.58. The van der Waals surface area contributed by atoms with E-state index in [9.17, 15) is 9.59 Å². The highest BCUT2D eigenvalue weighted by Crippen LogP contribution is 2.28. The van der Waals surface area contributed by atoms with Gasteiger partial charge in [-0.05, 0) is 31.2 Å². The van der Waals surface area contributed by atoms with Gasteiger partial charge in [0.1, 0.15) is 11.4 Å². The van der Waals surface area contributed by atoms with E-state index in [1.54, 1.807) is 48.5 Å². The van der Waals surface area contributed by atoms with Gasteiger partial charge in [-0.25, -0.2) is 0 Å². The van der Waals surface area contributed by atoms with E-state index in [0.717, 1.165) is 5.75 Å². The number of allylic oxidation sites excluding steroid dienone is 2. The number of carbonyl (C=O) groups excluding carboxylic acids is 2. The van der Waals surface area contributed by atoms with E-state index in [1.807, 2.05) is 6.92 Å². The Kier molecular flexibility index (Phi) is 4.33. The van der Waals surface area contributed by atoms with E-state index >= 15 is 0 Å². The van der Waals surface area contributed by atoms with Crippen LogP contribution in [-0.4, -0.2) is 25.3 Å². The second-order valence-electron chi connectivity index (χ2n) is 5.19. The van der Waals surface area contributed by atoms with E-state index in [2.05, 4.69) is 5.32 Å². The average Bonchev–Trinajstić information content (AvgIpc) is 2.61. The zero-order chi connectivity index (χ0) is 17.1. The molecule has 0 unspecified atom stereocenters. The van der Waals surface area contributed by atoms with E-state index in [4.69, 9.17) is 9.47 Å². The molecule has 1 aliphatic rings. The van der Waals surface area contributed by atoms with Crippen LogP contribution in [0.1, 0.15) is 27.6 Å². The Morgan fingerprint density at radius 1 is 0.917 bits per heavy atom. The highest BCUT2D eigenvalue weighted by molar-refractivity contribution is 6.27. The number of ether oxygens (including phenoxy) is 2. The van der Waals surface area contributed by atoms with E-state index in [-0.39, 0.29) is 23.0 Å². The van der Waals surface area contributed by atoms with Crippen LogP contribution in [0.4, 0.5) is 5.69 Å². The molecule has 3 rings (SSSR count). The van der Waals surface area contributed by atoms with Gasteiger partial charge < -0.3 is 14.8 Å². The van der Waals surface area contributed by atoms with Crippen molar-refractivity contribution in [1.29, 1.82) is 0 Å². The largest absolute Gasteiger partial charge is 0.494 e. The summed E-state index contributed by atoms with van der Waals surface area (Å²) in [5, 5.41) is 3.00. The van der Waals surface area contributed by atoms with E-state index < -0.39 is 0 Å². The van der Waals surface area contributed by atoms with Gasteiger partial charge in [0.2, 0.25) is 11.6 Å². The SMILES string of the molecule is CCOc1ccc(NC2=C(OC)C(=O)c3ccccc3C2=O)cc1. The Bertz CT molecular complexity index is 822. The minimum atomic E-state index is -0.305. The third-order valence-electron chi connectivity index (χ3n) is 3.72. The molecule has 0 saturated heterocycles. The summed E-state index contributed by atoms with van der Waals surface area (Å²) in [5.74, 6) is 0.185. The molecule has 5 nitrogen and oxygen atoms in total. The standard InChI is InChI=1S/C19H17NO4/c1-3-24-13-10-8-12(9-11-13)20-16-17(21)14-6-4-5-7-15(14)18(22)19(16)23-2/h4-11,20H,3H2,1-2H3. The smallest absolute Gasteiger partial charge is 0.230 e. The van der Waals surface area contributed by atoms with Crippen LogP contribution < -0.4 is 10.1 Å². The Morgan fingerprint density at radius 2 is 1.54 bits per heavy atom. The molecule has 2 aromatic carbocycles. The Hall–Kier alpha value is -3.08. The number of rotatable bonds is 5. The molecule has 0 heterocycles. The number of carbonyl (C=O) groups is 2. The first kappa shape index (κ1) is 15.8. The van der Waals surface area contributed by atoms with Gasteiger partial charge in [0.15, 0.2) is 5.76 Å². The van der Waals surface area contributed by atoms with Crippen molar-refractivity contribution in [3.05, 3.63) is 71.1 Å². The van der Waals surface area contributed by atoms with Crippen LogP contribution in [0, 0.1) is 0 Å². The number of methoxy groups -OCH3 is 1. The lowest BCUT2D eigenvalue weighted by atomic mass is 9.91. The molecule has 0 radical (unpaired) electrons. The third kappa shape index (κ3) is 2.76. The minimum Gasteiger partial charge on any atom is -0.494 e. The normalized spacial score (nSPS) is 13.6. The first-order valence-corrected chi connectivity index (χ1v) is 7.62. The second-order valence-corrected chi connectivity index (χ2v) is 5.19. The monoisotopic (exact) mass is 323 g/mol. The van der Waals surface area contributed by atoms with Gasteiger partial charge in [-0.15, -0.1) is 0 Å². The summed E-state index contributed by atoms with van der Waals surface area (Å²) in [7, 11) is 1.38. The fourth-order valence-electron chi connectivity index (χ4n) is 2.61. The van der Waals surface area contributed by atoms with Crippen LogP contribution in [0.3, 0.4) is 0 Å². The first-order valence-electron chi connectivity index (χ1n) is 7.62. The summed E-state index contributed by atoms with van der Waals surface area (Å²) >= 11 is 0. The maximum Gasteiger partial charge on any atom is 0.230 e. The summed E-state index contributed by atoms with van der Waals surface area (Å²) in [5.41, 5.74) is 1.54. The van der Waals surface area contributed by atoms with Gasteiger partial charge in [0.25, 0.3) is 0 Å². The maximum atomic E-state index is 12.7. The molecule has 1 N–H and O–H groups in total. The lowest BCUT2D eigenvalue weighted by molar-refractivity contribution is 0.0907. The molecular weight excluding hydrogens is 306 g/mol. The Labute approximate surface area is 139 Å². The van der Waals surface area contributed by atoms with Gasteiger partial charge >= 0.3 is 0 Å². The molecule has 0 aliphatic heterocycles. The highest BCUT2D eigenvalue weighted by atomic mass is 16.5. The molecule has 0 spiro atoms. The summed E-state index contributed by atoms with van der Waals surface area (Å²) < 4.78 is 10.6. The molecule has 24 heavy (non-hydrogen) atoms. The number of nitrogens with one attached hydrogen (secondary N) is 1. The average molecular weight is 323 g/mol. The van der Waals surface area contributed by atoms with Crippen molar-refractivity contribution in [3.8, 4) is 5.75 Å². The molecule has 0 bridgehead atoms. The minimum absolute atomic E-state index is 0.0209. The van der Waals surface area contributed by atoms with Gasteiger partial charge in [0.05, 0.1) is 13.7 Å². The molecule has 0 saturated carbocycles. The molecular formula is C19H17NO4. The van der Waals surface area contributed by atoms with Crippen LogP contribution in [0.15, 0.2) is 60.0 Å². The number of Topliss-reactive ketones (excluding diaryl/α,β-unsaturated/α-hetero) is 2. The molecule has 0 amide bonds. The first-order chi connectivity index (χ1) is 11.7. The zero-order valence-corrected chi connectivity index (χ0v) is 13.5. The lowest BCUT2D eigenvalue weighted by Gasteiger charge is -2.21. The number of hydrogen-bond donors (Lipinski definition) is 1. The fourth-order valence-corrected chi connectivity index (χ4v) is 2.61. The number of benzene rings is 2. The van der Waals surface area contributed by atoms with Crippen molar-refractivity contribution in [1.82, 2.24) is 0 Å². The Morgan fingerprint density at radius 3 is 2.12 bits per heavy atom. The number of ketones is 2. The van der Waals surface area contributed by atoms with Crippen molar-refractivity contribution in [2.75, 3.05) is 19.0 Å². The molecule has 2 aromatic rings. The van der Waals surface area contributed by atoms with Crippen LogP contribution in [0.25, 0.3) is 0 Å². The van der Waals surface area contributed by atoms with Gasteiger partial charge in [-0.1, -0.05) is 24.3 Å². The predicted molar refractivity (Wildman–Crippen MR) is 90.4 cm³/mol. The topological polar surface area (TPSA) is 64.6 Å². The van der Waals surface area contributed by atoms with E-state index in [1.165, 1.54) is 7.11 Å². The van der Waals surface area contributed by atoms with Crippen molar-refractivity contribution >= 4 is 17.3 Å². The molecule has 0 fully saturated rings.